The van der Waals surface area contributed by atoms with Gasteiger partial charge in [-0.15, -0.1) is 0 Å². The Hall–Kier alpha value is -2.74. The quantitative estimate of drug-likeness (QED) is 0.716. The van der Waals surface area contributed by atoms with Crippen LogP contribution in [0.25, 0.3) is 0 Å². The van der Waals surface area contributed by atoms with Crippen LogP contribution in [0.1, 0.15) is 35.8 Å². The van der Waals surface area contributed by atoms with Crippen molar-refractivity contribution < 1.29 is 18.0 Å². The van der Waals surface area contributed by atoms with Gasteiger partial charge in [0, 0.05) is 25.0 Å². The molecule has 0 aliphatic heterocycles. The van der Waals surface area contributed by atoms with Crippen LogP contribution in [0.3, 0.4) is 0 Å². The van der Waals surface area contributed by atoms with Crippen molar-refractivity contribution in [3.63, 3.8) is 0 Å². The standard InChI is InChI=1S/C20H25N3O4S/c1-13(2)23-20(25)19(24)22-12-18(16-6-5-9-21-11-16)28(26,27)17-10-14(3)7-8-15(17)4/h5-11,13,18H,12H2,1-4H3,(H,22,24)(H,23,25)/t18-/m0/s1. The average molecular weight is 404 g/mol. The number of aryl methyl sites for hydroxylation is 2. The van der Waals surface area contributed by atoms with E-state index in [9.17, 15) is 18.0 Å². The third kappa shape index (κ3) is 5.16. The zero-order valence-corrected chi connectivity index (χ0v) is 17.2. The van der Waals surface area contributed by atoms with E-state index in [1.54, 1.807) is 51.2 Å². The number of nitrogens with one attached hydrogen (secondary N) is 2. The van der Waals surface area contributed by atoms with Gasteiger partial charge < -0.3 is 10.6 Å². The highest BCUT2D eigenvalue weighted by atomic mass is 32.2. The predicted octanol–water partition coefficient (Wildman–Crippen LogP) is 1.85. The summed E-state index contributed by atoms with van der Waals surface area (Å²) in [6.45, 7) is 6.76. The Balaban J connectivity index is 2.37. The van der Waals surface area contributed by atoms with Crippen LogP contribution in [-0.4, -0.2) is 37.8 Å². The molecule has 1 aromatic carbocycles. The highest BCUT2D eigenvalue weighted by Gasteiger charge is 2.31. The van der Waals surface area contributed by atoms with Crippen molar-refractivity contribution in [3.8, 4) is 0 Å². The van der Waals surface area contributed by atoms with Crippen LogP contribution >= 0.6 is 0 Å². The molecular formula is C20H25N3O4S. The lowest BCUT2D eigenvalue weighted by molar-refractivity contribution is -0.139. The highest BCUT2D eigenvalue weighted by Crippen LogP contribution is 2.30. The van der Waals surface area contributed by atoms with Crippen molar-refractivity contribution in [2.75, 3.05) is 6.54 Å². The maximum absolute atomic E-state index is 13.4. The van der Waals surface area contributed by atoms with E-state index in [-0.39, 0.29) is 17.5 Å². The monoisotopic (exact) mass is 403 g/mol. The van der Waals surface area contributed by atoms with Gasteiger partial charge in [0.1, 0.15) is 5.25 Å². The maximum atomic E-state index is 13.4. The van der Waals surface area contributed by atoms with E-state index in [0.717, 1.165) is 5.56 Å². The number of rotatable bonds is 6. The third-order valence-corrected chi connectivity index (χ3v) is 6.40. The van der Waals surface area contributed by atoms with Crippen LogP contribution in [0.2, 0.25) is 0 Å². The molecule has 0 aliphatic rings. The number of carbonyl (C=O) groups excluding carboxylic acids is 2. The molecule has 2 amide bonds. The van der Waals surface area contributed by atoms with E-state index >= 15 is 0 Å². The molecule has 2 N–H and O–H groups in total. The van der Waals surface area contributed by atoms with E-state index in [1.165, 1.54) is 6.20 Å². The fraction of sp³-hybridized carbons (Fsp3) is 0.350. The molecule has 0 saturated heterocycles. The molecule has 0 unspecified atom stereocenters. The van der Waals surface area contributed by atoms with Crippen molar-refractivity contribution in [1.29, 1.82) is 0 Å². The molecule has 2 rings (SSSR count). The molecule has 8 heteroatoms. The zero-order valence-electron chi connectivity index (χ0n) is 16.4. The summed E-state index contributed by atoms with van der Waals surface area (Å²) in [6.07, 6.45) is 2.99. The number of amides is 2. The van der Waals surface area contributed by atoms with Gasteiger partial charge in [0.15, 0.2) is 9.84 Å². The Morgan fingerprint density at radius 2 is 1.82 bits per heavy atom. The molecule has 0 aliphatic carbocycles. The summed E-state index contributed by atoms with van der Waals surface area (Å²) in [5, 5.41) is 3.85. The summed E-state index contributed by atoms with van der Waals surface area (Å²) in [5.74, 6) is -1.68. The third-order valence-electron chi connectivity index (χ3n) is 4.15. The van der Waals surface area contributed by atoms with Crippen LogP contribution in [0.4, 0.5) is 0 Å². The Morgan fingerprint density at radius 1 is 1.11 bits per heavy atom. The summed E-state index contributed by atoms with van der Waals surface area (Å²) in [7, 11) is -3.84. The van der Waals surface area contributed by atoms with E-state index in [0.29, 0.717) is 11.1 Å². The number of hydrogen-bond donors (Lipinski definition) is 2. The lowest BCUT2D eigenvalue weighted by Crippen LogP contribution is -2.44. The van der Waals surface area contributed by atoms with E-state index < -0.39 is 26.9 Å². The normalized spacial score (nSPS) is 12.5. The molecule has 0 bridgehead atoms. The van der Waals surface area contributed by atoms with Crippen molar-refractivity contribution in [2.24, 2.45) is 0 Å². The van der Waals surface area contributed by atoms with Crippen molar-refractivity contribution in [1.82, 2.24) is 15.6 Å². The topological polar surface area (TPSA) is 105 Å². The van der Waals surface area contributed by atoms with Gasteiger partial charge in [-0.1, -0.05) is 18.2 Å². The van der Waals surface area contributed by atoms with E-state index in [4.69, 9.17) is 0 Å². The Labute approximate surface area is 165 Å². The number of sulfone groups is 1. The highest BCUT2D eigenvalue weighted by molar-refractivity contribution is 7.91. The minimum absolute atomic E-state index is 0.197. The number of hydrogen-bond acceptors (Lipinski definition) is 5. The summed E-state index contributed by atoms with van der Waals surface area (Å²) in [4.78, 5) is 28.1. The van der Waals surface area contributed by atoms with Crippen LogP contribution in [-0.2, 0) is 19.4 Å². The zero-order chi connectivity index (χ0) is 20.9. The molecule has 1 atom stereocenters. The Bertz CT molecular complexity index is 957. The molecule has 7 nitrogen and oxygen atoms in total. The van der Waals surface area contributed by atoms with Gasteiger partial charge in [-0.3, -0.25) is 14.6 Å². The summed E-state index contributed by atoms with van der Waals surface area (Å²) < 4.78 is 26.8. The molecule has 150 valence electrons. The van der Waals surface area contributed by atoms with Gasteiger partial charge in [0.2, 0.25) is 0 Å². The lowest BCUT2D eigenvalue weighted by atomic mass is 10.2. The van der Waals surface area contributed by atoms with Crippen LogP contribution in [0, 0.1) is 13.8 Å². The second-order valence-electron chi connectivity index (χ2n) is 6.93. The molecule has 28 heavy (non-hydrogen) atoms. The van der Waals surface area contributed by atoms with Crippen molar-refractivity contribution >= 4 is 21.7 Å². The fourth-order valence-corrected chi connectivity index (χ4v) is 4.71. The van der Waals surface area contributed by atoms with Gasteiger partial charge in [0.05, 0.1) is 4.90 Å². The Morgan fingerprint density at radius 3 is 2.43 bits per heavy atom. The van der Waals surface area contributed by atoms with E-state index in [1.807, 2.05) is 13.0 Å². The first-order valence-corrected chi connectivity index (χ1v) is 10.5. The second-order valence-corrected chi connectivity index (χ2v) is 9.03. The minimum Gasteiger partial charge on any atom is -0.346 e. The predicted molar refractivity (Wildman–Crippen MR) is 106 cm³/mol. The van der Waals surface area contributed by atoms with Crippen LogP contribution in [0.15, 0.2) is 47.6 Å². The Kier molecular flexibility index (Phi) is 6.90. The summed E-state index contributed by atoms with van der Waals surface area (Å²) >= 11 is 0. The fourth-order valence-electron chi connectivity index (χ4n) is 2.73. The smallest absolute Gasteiger partial charge is 0.309 e. The van der Waals surface area contributed by atoms with E-state index in [2.05, 4.69) is 15.6 Å². The van der Waals surface area contributed by atoms with Gasteiger partial charge in [-0.25, -0.2) is 8.42 Å². The summed E-state index contributed by atoms with van der Waals surface area (Å²) in [6, 6.07) is 8.27. The van der Waals surface area contributed by atoms with Gasteiger partial charge >= 0.3 is 11.8 Å². The molecule has 0 saturated carbocycles. The van der Waals surface area contributed by atoms with Gasteiger partial charge in [-0.05, 0) is 56.5 Å². The molecule has 1 aromatic heterocycles. The van der Waals surface area contributed by atoms with Crippen LogP contribution in [0.5, 0.6) is 0 Å². The number of pyridine rings is 1. The maximum Gasteiger partial charge on any atom is 0.309 e. The number of nitrogens with zero attached hydrogens (tertiary/aromatic N) is 1. The summed E-state index contributed by atoms with van der Waals surface area (Å²) in [5.41, 5.74) is 1.87. The van der Waals surface area contributed by atoms with Gasteiger partial charge in [0.25, 0.3) is 0 Å². The molecule has 0 spiro atoms. The first-order valence-electron chi connectivity index (χ1n) is 8.92. The lowest BCUT2D eigenvalue weighted by Gasteiger charge is -2.20. The number of benzene rings is 1. The number of aromatic nitrogens is 1. The van der Waals surface area contributed by atoms with Crippen LogP contribution < -0.4 is 10.6 Å². The minimum atomic E-state index is -3.84. The second kappa shape index (κ2) is 8.97. The average Bonchev–Trinajstić information content (AvgIpc) is 2.63. The van der Waals surface area contributed by atoms with Crippen molar-refractivity contribution in [2.45, 2.75) is 43.9 Å². The van der Waals surface area contributed by atoms with Crippen molar-refractivity contribution in [3.05, 3.63) is 59.4 Å². The SMILES string of the molecule is Cc1ccc(C)c(S(=O)(=O)[C@@H](CNC(=O)C(=O)NC(C)C)c2cccnc2)c1. The molecule has 1 heterocycles. The number of carbonyl (C=O) groups is 2. The molecule has 0 fully saturated rings. The largest absolute Gasteiger partial charge is 0.346 e. The molecule has 0 radical (unpaired) electrons. The van der Waals surface area contributed by atoms with Gasteiger partial charge in [-0.2, -0.15) is 0 Å². The first-order chi connectivity index (χ1) is 13.1. The molecule has 2 aromatic rings. The molecular weight excluding hydrogens is 378 g/mol. The first kappa shape index (κ1) is 21.6.